The predicted octanol–water partition coefficient (Wildman–Crippen LogP) is 4.29. The van der Waals surface area contributed by atoms with Gasteiger partial charge in [-0.1, -0.05) is 72.0 Å². The Kier molecular flexibility index (Phi) is 7.40. The molecule has 2 heterocycles. The fourth-order valence-corrected chi connectivity index (χ4v) is 6.04. The zero-order valence-corrected chi connectivity index (χ0v) is 21.9. The molecule has 192 valence electrons. The van der Waals surface area contributed by atoms with Crippen LogP contribution in [0.1, 0.15) is 5.56 Å². The van der Waals surface area contributed by atoms with Crippen molar-refractivity contribution in [2.24, 2.45) is 0 Å². The Labute approximate surface area is 223 Å². The molecule has 0 aliphatic rings. The third-order valence-electron chi connectivity index (χ3n) is 5.75. The number of nitrogens with one attached hydrogen (secondary N) is 2. The number of benzene rings is 3. The Morgan fingerprint density at radius 2 is 1.76 bits per heavy atom. The van der Waals surface area contributed by atoms with Gasteiger partial charge in [0.25, 0.3) is 0 Å². The SMILES string of the molecule is COc1cccc(-c2nnc(NC(=O)C(Cc3ccccc3)NS(=O)(=O)c3cccc4cccnc34)s2)c1. The molecule has 1 amide bonds. The number of sulfonamides is 1. The topological polar surface area (TPSA) is 123 Å². The lowest BCUT2D eigenvalue weighted by Gasteiger charge is -2.18. The van der Waals surface area contributed by atoms with Crippen LogP contribution in [-0.4, -0.2) is 42.7 Å². The van der Waals surface area contributed by atoms with Gasteiger partial charge in [0.15, 0.2) is 0 Å². The lowest BCUT2D eigenvalue weighted by molar-refractivity contribution is -0.117. The van der Waals surface area contributed by atoms with Gasteiger partial charge in [-0.3, -0.25) is 15.1 Å². The van der Waals surface area contributed by atoms with E-state index in [9.17, 15) is 13.2 Å². The zero-order chi connectivity index (χ0) is 26.5. The highest BCUT2D eigenvalue weighted by molar-refractivity contribution is 7.89. The van der Waals surface area contributed by atoms with Gasteiger partial charge in [-0.05, 0) is 36.2 Å². The van der Waals surface area contributed by atoms with Gasteiger partial charge in [-0.15, -0.1) is 10.2 Å². The van der Waals surface area contributed by atoms with Crippen LogP contribution in [0.5, 0.6) is 5.75 Å². The van der Waals surface area contributed by atoms with Gasteiger partial charge in [-0.25, -0.2) is 8.42 Å². The minimum Gasteiger partial charge on any atom is -0.497 e. The normalized spacial score (nSPS) is 12.2. The molecule has 5 aromatic rings. The number of carbonyl (C=O) groups is 1. The number of fused-ring (bicyclic) bond motifs is 1. The van der Waals surface area contributed by atoms with Crippen molar-refractivity contribution in [3.63, 3.8) is 0 Å². The first kappa shape index (κ1) is 25.5. The maximum Gasteiger partial charge on any atom is 0.244 e. The van der Waals surface area contributed by atoms with E-state index in [0.717, 1.165) is 11.1 Å². The third kappa shape index (κ3) is 5.70. The second-order valence-electron chi connectivity index (χ2n) is 8.33. The molecule has 0 radical (unpaired) electrons. The molecule has 0 fully saturated rings. The number of nitrogens with zero attached hydrogens (tertiary/aromatic N) is 3. The summed E-state index contributed by atoms with van der Waals surface area (Å²) in [6.45, 7) is 0. The van der Waals surface area contributed by atoms with Gasteiger partial charge in [0.1, 0.15) is 21.7 Å². The van der Waals surface area contributed by atoms with E-state index in [0.29, 0.717) is 21.7 Å². The summed E-state index contributed by atoms with van der Waals surface area (Å²) in [7, 11) is -2.53. The molecule has 0 saturated heterocycles. The first-order valence-electron chi connectivity index (χ1n) is 11.6. The standard InChI is InChI=1S/C27H23N5O4S2/c1-36-21-13-5-11-20(17-21)26-30-31-27(37-26)29-25(33)22(16-18-8-3-2-4-9-18)32-38(34,35)23-14-6-10-19-12-7-15-28-24(19)23/h2-15,17,22,32H,16H2,1H3,(H,29,31,33). The van der Waals surface area contributed by atoms with Gasteiger partial charge in [0, 0.05) is 17.1 Å². The number of para-hydroxylation sites is 1. The van der Waals surface area contributed by atoms with Crippen molar-refractivity contribution in [2.45, 2.75) is 17.4 Å². The van der Waals surface area contributed by atoms with Crippen LogP contribution >= 0.6 is 11.3 Å². The summed E-state index contributed by atoms with van der Waals surface area (Å²) in [6.07, 6.45) is 1.66. The van der Waals surface area contributed by atoms with E-state index in [4.69, 9.17) is 4.74 Å². The lowest BCUT2D eigenvalue weighted by Crippen LogP contribution is -2.45. The minimum absolute atomic E-state index is 0.00214. The number of ether oxygens (including phenoxy) is 1. The fourth-order valence-electron chi connectivity index (χ4n) is 3.92. The smallest absolute Gasteiger partial charge is 0.244 e. The van der Waals surface area contributed by atoms with Crippen molar-refractivity contribution in [1.82, 2.24) is 19.9 Å². The highest BCUT2D eigenvalue weighted by Crippen LogP contribution is 2.29. The molecular weight excluding hydrogens is 522 g/mol. The first-order valence-corrected chi connectivity index (χ1v) is 13.9. The van der Waals surface area contributed by atoms with Crippen LogP contribution in [0.2, 0.25) is 0 Å². The second-order valence-corrected chi connectivity index (χ2v) is 11.0. The molecule has 0 bridgehead atoms. The Balaban J connectivity index is 1.42. The molecule has 1 unspecified atom stereocenters. The summed E-state index contributed by atoms with van der Waals surface area (Å²) < 4.78 is 34.8. The zero-order valence-electron chi connectivity index (χ0n) is 20.2. The van der Waals surface area contributed by atoms with E-state index in [1.165, 1.54) is 23.6 Å². The largest absolute Gasteiger partial charge is 0.497 e. The summed E-state index contributed by atoms with van der Waals surface area (Å²) in [5, 5.41) is 12.5. The number of carbonyl (C=O) groups excluding carboxylic acids is 1. The van der Waals surface area contributed by atoms with Crippen LogP contribution in [0.3, 0.4) is 0 Å². The number of methoxy groups -OCH3 is 1. The van der Waals surface area contributed by atoms with Gasteiger partial charge in [-0.2, -0.15) is 4.72 Å². The molecule has 0 spiro atoms. The summed E-state index contributed by atoms with van der Waals surface area (Å²) in [5.74, 6) is 0.113. The number of hydrogen-bond donors (Lipinski definition) is 2. The van der Waals surface area contributed by atoms with Crippen LogP contribution in [0.15, 0.2) is 96.0 Å². The maximum atomic E-state index is 13.5. The number of amides is 1. The Bertz CT molecular complexity index is 1690. The number of pyridine rings is 1. The highest BCUT2D eigenvalue weighted by Gasteiger charge is 2.28. The predicted molar refractivity (Wildman–Crippen MR) is 147 cm³/mol. The average molecular weight is 546 g/mol. The van der Waals surface area contributed by atoms with Crippen LogP contribution in [0, 0.1) is 0 Å². The van der Waals surface area contributed by atoms with Gasteiger partial charge < -0.3 is 4.74 Å². The third-order valence-corrected chi connectivity index (χ3v) is 8.14. The van der Waals surface area contributed by atoms with Crippen LogP contribution in [-0.2, 0) is 21.2 Å². The van der Waals surface area contributed by atoms with E-state index in [-0.39, 0.29) is 16.4 Å². The Morgan fingerprint density at radius 3 is 2.58 bits per heavy atom. The van der Waals surface area contributed by atoms with Crippen molar-refractivity contribution < 1.29 is 17.9 Å². The quantitative estimate of drug-likeness (QED) is 0.283. The van der Waals surface area contributed by atoms with E-state index in [1.54, 1.807) is 31.4 Å². The lowest BCUT2D eigenvalue weighted by atomic mass is 10.1. The van der Waals surface area contributed by atoms with Crippen molar-refractivity contribution in [3.8, 4) is 16.3 Å². The van der Waals surface area contributed by atoms with Crippen LogP contribution in [0.25, 0.3) is 21.5 Å². The molecule has 5 rings (SSSR count). The van der Waals surface area contributed by atoms with Crippen molar-refractivity contribution >= 4 is 43.3 Å². The molecule has 9 nitrogen and oxygen atoms in total. The molecule has 2 N–H and O–H groups in total. The van der Waals surface area contributed by atoms with Crippen LogP contribution in [0.4, 0.5) is 5.13 Å². The first-order chi connectivity index (χ1) is 18.4. The monoisotopic (exact) mass is 545 g/mol. The molecule has 11 heteroatoms. The Hall–Kier alpha value is -4.19. The van der Waals surface area contributed by atoms with E-state index < -0.39 is 22.0 Å². The number of aromatic nitrogens is 3. The fraction of sp³-hybridized carbons (Fsp3) is 0.111. The molecular formula is C27H23N5O4S2. The maximum absolute atomic E-state index is 13.5. The van der Waals surface area contributed by atoms with E-state index >= 15 is 0 Å². The molecule has 38 heavy (non-hydrogen) atoms. The van der Waals surface area contributed by atoms with Gasteiger partial charge in [0.05, 0.1) is 12.6 Å². The molecule has 0 saturated carbocycles. The van der Waals surface area contributed by atoms with Crippen molar-refractivity contribution in [2.75, 3.05) is 12.4 Å². The molecule has 0 aliphatic heterocycles. The minimum atomic E-state index is -4.11. The summed E-state index contributed by atoms with van der Waals surface area (Å²) in [4.78, 5) is 17.6. The second kappa shape index (κ2) is 11.1. The number of hydrogen-bond acceptors (Lipinski definition) is 8. The van der Waals surface area contributed by atoms with Crippen LogP contribution < -0.4 is 14.8 Å². The summed E-state index contributed by atoms with van der Waals surface area (Å²) in [5.41, 5.74) is 1.90. The Morgan fingerprint density at radius 1 is 0.974 bits per heavy atom. The number of rotatable bonds is 9. The van der Waals surface area contributed by atoms with E-state index in [1.807, 2.05) is 54.6 Å². The molecule has 1 atom stereocenters. The van der Waals surface area contributed by atoms with Crippen molar-refractivity contribution in [1.29, 1.82) is 0 Å². The summed E-state index contributed by atoms with van der Waals surface area (Å²) in [6, 6.07) is 23.8. The van der Waals surface area contributed by atoms with Gasteiger partial charge >= 0.3 is 0 Å². The number of anilines is 1. The van der Waals surface area contributed by atoms with Gasteiger partial charge in [0.2, 0.25) is 21.1 Å². The molecule has 0 aliphatic carbocycles. The molecule has 3 aromatic carbocycles. The highest BCUT2D eigenvalue weighted by atomic mass is 32.2. The average Bonchev–Trinajstić information content (AvgIpc) is 3.41. The molecule has 2 aromatic heterocycles. The van der Waals surface area contributed by atoms with Crippen molar-refractivity contribution in [3.05, 3.63) is 96.7 Å². The van der Waals surface area contributed by atoms with E-state index in [2.05, 4.69) is 25.2 Å². The summed E-state index contributed by atoms with van der Waals surface area (Å²) >= 11 is 1.18.